The fraction of sp³-hybridized carbons (Fsp3) is 0.368. The van der Waals surface area contributed by atoms with Crippen molar-refractivity contribution in [3.63, 3.8) is 0 Å². The van der Waals surface area contributed by atoms with Crippen molar-refractivity contribution in [3.8, 4) is 0 Å². The van der Waals surface area contributed by atoms with E-state index in [9.17, 15) is 14.4 Å². The summed E-state index contributed by atoms with van der Waals surface area (Å²) in [5, 5.41) is 3.24. The molecule has 0 radical (unpaired) electrons. The number of aromatic amines is 1. The molecule has 0 saturated carbocycles. The minimum absolute atomic E-state index is 0.0379. The Hall–Kier alpha value is -2.61. The fourth-order valence-corrected chi connectivity index (χ4v) is 3.12. The first-order chi connectivity index (χ1) is 13.0. The van der Waals surface area contributed by atoms with Gasteiger partial charge in [-0.05, 0) is 25.3 Å². The number of hydrogen-bond acceptors (Lipinski definition) is 6. The van der Waals surface area contributed by atoms with Crippen LogP contribution < -0.4 is 10.9 Å². The van der Waals surface area contributed by atoms with E-state index in [0.29, 0.717) is 10.9 Å². The van der Waals surface area contributed by atoms with Crippen LogP contribution in [0.15, 0.2) is 46.3 Å². The van der Waals surface area contributed by atoms with Gasteiger partial charge in [0, 0.05) is 12.1 Å². The molecule has 1 amide bonds. The number of aryl methyl sites for hydroxylation is 1. The van der Waals surface area contributed by atoms with Crippen LogP contribution in [0, 0.1) is 0 Å². The Bertz CT molecular complexity index is 823. The van der Waals surface area contributed by atoms with Crippen LogP contribution in [-0.4, -0.2) is 40.7 Å². The van der Waals surface area contributed by atoms with Crippen molar-refractivity contribution >= 4 is 23.6 Å². The molecule has 2 N–H and O–H groups in total. The number of rotatable bonds is 9. The Kier molecular flexibility index (Phi) is 8.06. The third-order valence-corrected chi connectivity index (χ3v) is 4.66. The first-order valence-corrected chi connectivity index (χ1v) is 9.58. The van der Waals surface area contributed by atoms with Crippen LogP contribution in [0.2, 0.25) is 0 Å². The SMILES string of the molecule is COC(=O)Cc1cc(=O)[nH]c(SCC(=O)N[C@@H](C)CCc2ccccc2)n1. The molecule has 1 aromatic heterocycles. The van der Waals surface area contributed by atoms with Gasteiger partial charge in [-0.3, -0.25) is 14.4 Å². The number of amides is 1. The van der Waals surface area contributed by atoms with E-state index in [1.807, 2.05) is 25.1 Å². The summed E-state index contributed by atoms with van der Waals surface area (Å²) in [5.74, 6) is -0.490. The minimum atomic E-state index is -0.478. The van der Waals surface area contributed by atoms with Crippen molar-refractivity contribution in [1.29, 1.82) is 0 Å². The molecular weight excluding hydrogens is 366 g/mol. The van der Waals surface area contributed by atoms with Gasteiger partial charge in [-0.25, -0.2) is 4.98 Å². The lowest BCUT2D eigenvalue weighted by atomic mass is 10.1. The normalized spacial score (nSPS) is 11.6. The van der Waals surface area contributed by atoms with Crippen molar-refractivity contribution in [2.45, 2.75) is 37.4 Å². The lowest BCUT2D eigenvalue weighted by molar-refractivity contribution is -0.139. The number of methoxy groups -OCH3 is 1. The van der Waals surface area contributed by atoms with Crippen molar-refractivity contribution in [3.05, 3.63) is 58.0 Å². The van der Waals surface area contributed by atoms with Crippen LogP contribution in [0.25, 0.3) is 0 Å². The van der Waals surface area contributed by atoms with Crippen molar-refractivity contribution in [2.24, 2.45) is 0 Å². The number of thioether (sulfide) groups is 1. The molecular formula is C19H23N3O4S. The number of carbonyl (C=O) groups is 2. The molecule has 0 fully saturated rings. The average Bonchev–Trinajstić information content (AvgIpc) is 2.65. The minimum Gasteiger partial charge on any atom is -0.469 e. The van der Waals surface area contributed by atoms with Gasteiger partial charge in [0.25, 0.3) is 5.56 Å². The van der Waals surface area contributed by atoms with Gasteiger partial charge in [0.15, 0.2) is 5.16 Å². The number of benzene rings is 1. The van der Waals surface area contributed by atoms with E-state index in [2.05, 4.69) is 32.2 Å². The first kappa shape index (κ1) is 20.7. The second-order valence-corrected chi connectivity index (χ2v) is 7.04. The third-order valence-electron chi connectivity index (χ3n) is 3.78. The second kappa shape index (κ2) is 10.5. The van der Waals surface area contributed by atoms with Gasteiger partial charge < -0.3 is 15.0 Å². The quantitative estimate of drug-likeness (QED) is 0.385. The van der Waals surface area contributed by atoms with Gasteiger partial charge in [-0.1, -0.05) is 42.1 Å². The summed E-state index contributed by atoms with van der Waals surface area (Å²) in [6.45, 7) is 1.96. The summed E-state index contributed by atoms with van der Waals surface area (Å²) in [6.07, 6.45) is 1.64. The van der Waals surface area contributed by atoms with Crippen LogP contribution in [0.1, 0.15) is 24.6 Å². The number of carbonyl (C=O) groups excluding carboxylic acids is 2. The molecule has 0 bridgehead atoms. The maximum atomic E-state index is 12.1. The third kappa shape index (κ3) is 7.65. The smallest absolute Gasteiger partial charge is 0.311 e. The fourth-order valence-electron chi connectivity index (χ4n) is 2.41. The molecule has 7 nitrogen and oxygen atoms in total. The number of H-pyrrole nitrogens is 1. The molecule has 1 aromatic carbocycles. The lowest BCUT2D eigenvalue weighted by Crippen LogP contribution is -2.34. The highest BCUT2D eigenvalue weighted by molar-refractivity contribution is 7.99. The summed E-state index contributed by atoms with van der Waals surface area (Å²) in [5.41, 5.74) is 1.17. The summed E-state index contributed by atoms with van der Waals surface area (Å²) in [4.78, 5) is 41.8. The maximum absolute atomic E-state index is 12.1. The van der Waals surface area contributed by atoms with E-state index in [0.717, 1.165) is 24.6 Å². The van der Waals surface area contributed by atoms with Gasteiger partial charge >= 0.3 is 5.97 Å². The van der Waals surface area contributed by atoms with E-state index in [4.69, 9.17) is 0 Å². The Labute approximate surface area is 161 Å². The zero-order valence-corrected chi connectivity index (χ0v) is 16.2. The van der Waals surface area contributed by atoms with E-state index < -0.39 is 5.97 Å². The number of aromatic nitrogens is 2. The highest BCUT2D eigenvalue weighted by Gasteiger charge is 2.11. The van der Waals surface area contributed by atoms with Gasteiger partial charge in [0.1, 0.15) is 0 Å². The molecule has 8 heteroatoms. The van der Waals surface area contributed by atoms with Crippen LogP contribution in [-0.2, 0) is 27.2 Å². The van der Waals surface area contributed by atoms with Gasteiger partial charge in [0.05, 0.1) is 25.0 Å². The van der Waals surface area contributed by atoms with Crippen LogP contribution >= 0.6 is 11.8 Å². The molecule has 27 heavy (non-hydrogen) atoms. The molecule has 0 saturated heterocycles. The highest BCUT2D eigenvalue weighted by atomic mass is 32.2. The van der Waals surface area contributed by atoms with E-state index in [-0.39, 0.29) is 29.7 Å². The Balaban J connectivity index is 1.80. The van der Waals surface area contributed by atoms with E-state index in [1.165, 1.54) is 18.7 Å². The number of nitrogens with zero attached hydrogens (tertiary/aromatic N) is 1. The molecule has 144 valence electrons. The maximum Gasteiger partial charge on any atom is 0.311 e. The second-order valence-electron chi connectivity index (χ2n) is 6.08. The van der Waals surface area contributed by atoms with Crippen molar-refractivity contribution < 1.29 is 14.3 Å². The standard InChI is InChI=1S/C19H23N3O4S/c1-13(8-9-14-6-4-3-5-7-14)20-17(24)12-27-19-21-15(10-16(23)22-19)11-18(25)26-2/h3-7,10,13H,8-9,11-12H2,1-2H3,(H,20,24)(H,21,22,23)/t13-/m0/s1. The Morgan fingerprint density at radius 1 is 1.30 bits per heavy atom. The molecule has 2 aromatic rings. The Morgan fingerprint density at radius 2 is 2.04 bits per heavy atom. The Morgan fingerprint density at radius 3 is 2.74 bits per heavy atom. The van der Waals surface area contributed by atoms with Gasteiger partial charge in [0.2, 0.25) is 5.91 Å². The zero-order chi connectivity index (χ0) is 19.6. The predicted octanol–water partition coefficient (Wildman–Crippen LogP) is 1.71. The van der Waals surface area contributed by atoms with Gasteiger partial charge in [-0.2, -0.15) is 0 Å². The van der Waals surface area contributed by atoms with Crippen molar-refractivity contribution in [1.82, 2.24) is 15.3 Å². The van der Waals surface area contributed by atoms with E-state index in [1.54, 1.807) is 0 Å². The van der Waals surface area contributed by atoms with Crippen molar-refractivity contribution in [2.75, 3.05) is 12.9 Å². The molecule has 0 unspecified atom stereocenters. The van der Waals surface area contributed by atoms with Crippen LogP contribution in [0.4, 0.5) is 0 Å². The number of esters is 1. The number of hydrogen-bond donors (Lipinski definition) is 2. The summed E-state index contributed by atoms with van der Waals surface area (Å²) < 4.78 is 4.57. The molecule has 2 rings (SSSR count). The molecule has 1 atom stereocenters. The molecule has 1 heterocycles. The monoisotopic (exact) mass is 389 g/mol. The van der Waals surface area contributed by atoms with Crippen LogP contribution in [0.3, 0.4) is 0 Å². The highest BCUT2D eigenvalue weighted by Crippen LogP contribution is 2.12. The largest absolute Gasteiger partial charge is 0.469 e. The molecule has 0 aliphatic carbocycles. The number of ether oxygens (including phenoxy) is 1. The number of nitrogens with one attached hydrogen (secondary N) is 2. The van der Waals surface area contributed by atoms with E-state index >= 15 is 0 Å². The molecule has 0 aliphatic rings. The molecule has 0 aliphatic heterocycles. The zero-order valence-electron chi connectivity index (χ0n) is 15.4. The predicted molar refractivity (Wildman–Crippen MR) is 104 cm³/mol. The summed E-state index contributed by atoms with van der Waals surface area (Å²) >= 11 is 1.12. The lowest BCUT2D eigenvalue weighted by Gasteiger charge is -2.13. The average molecular weight is 389 g/mol. The van der Waals surface area contributed by atoms with Gasteiger partial charge in [-0.15, -0.1) is 0 Å². The first-order valence-electron chi connectivity index (χ1n) is 8.59. The summed E-state index contributed by atoms with van der Waals surface area (Å²) in [6, 6.07) is 11.4. The van der Waals surface area contributed by atoms with Crippen LogP contribution in [0.5, 0.6) is 0 Å². The summed E-state index contributed by atoms with van der Waals surface area (Å²) in [7, 11) is 1.27. The topological polar surface area (TPSA) is 101 Å². The molecule has 0 spiro atoms.